The minimum Gasteiger partial charge on any atom is -0.497 e. The summed E-state index contributed by atoms with van der Waals surface area (Å²) in [5.41, 5.74) is 2.44. The lowest BCUT2D eigenvalue weighted by Gasteiger charge is -2.19. The maximum atomic E-state index is 12.9. The number of rotatable bonds is 6. The quantitative estimate of drug-likeness (QED) is 0.372. The molecule has 0 amide bonds. The number of aryl methyl sites for hydroxylation is 1. The fraction of sp³-hybridized carbons (Fsp3) is 0.348. The summed E-state index contributed by atoms with van der Waals surface area (Å²) in [5, 5.41) is 16.5. The highest BCUT2D eigenvalue weighted by atomic mass is 16.6. The molecule has 2 heterocycles. The molecule has 0 aliphatic carbocycles. The zero-order chi connectivity index (χ0) is 22.1. The molecule has 1 fully saturated rings. The van der Waals surface area contributed by atoms with Gasteiger partial charge in [-0.1, -0.05) is 30.3 Å². The number of nitrogens with one attached hydrogen (secondary N) is 1. The molecule has 1 saturated heterocycles. The molecule has 0 bridgehead atoms. The van der Waals surface area contributed by atoms with Gasteiger partial charge in [0.05, 0.1) is 19.6 Å². The number of hydrogen-bond acceptors (Lipinski definition) is 6. The van der Waals surface area contributed by atoms with Crippen LogP contribution in [-0.4, -0.2) is 41.3 Å². The normalized spacial score (nSPS) is 23.1. The molecule has 1 aromatic heterocycles. The third-order valence-corrected chi connectivity index (χ3v) is 5.97. The minimum atomic E-state index is -1.05. The number of hydrogen-bond donors (Lipinski definition) is 1. The van der Waals surface area contributed by atoms with Gasteiger partial charge in [-0.25, -0.2) is 0 Å². The summed E-state index contributed by atoms with van der Waals surface area (Å²) in [7, 11) is 3.46. The van der Waals surface area contributed by atoms with Gasteiger partial charge in [0, 0.05) is 29.1 Å². The van der Waals surface area contributed by atoms with E-state index in [0.29, 0.717) is 5.75 Å². The van der Waals surface area contributed by atoms with Crippen LogP contribution in [0.25, 0.3) is 10.9 Å². The highest BCUT2D eigenvalue weighted by Gasteiger charge is 2.55. The van der Waals surface area contributed by atoms with E-state index in [2.05, 4.69) is 5.32 Å². The van der Waals surface area contributed by atoms with Crippen molar-refractivity contribution in [2.24, 2.45) is 7.05 Å². The van der Waals surface area contributed by atoms with E-state index < -0.39 is 30.0 Å². The number of nitrogens with zero attached hydrogens (tertiary/aromatic N) is 2. The van der Waals surface area contributed by atoms with Gasteiger partial charge < -0.3 is 14.0 Å². The summed E-state index contributed by atoms with van der Waals surface area (Å²) in [5.74, 6) is -0.512. The number of fused-ring (bicyclic) bond motifs is 1. The van der Waals surface area contributed by atoms with Gasteiger partial charge in [0.1, 0.15) is 17.8 Å². The van der Waals surface area contributed by atoms with Gasteiger partial charge >= 0.3 is 5.97 Å². The van der Waals surface area contributed by atoms with E-state index in [1.807, 2.05) is 42.1 Å². The van der Waals surface area contributed by atoms with E-state index in [9.17, 15) is 14.9 Å². The van der Waals surface area contributed by atoms with Crippen molar-refractivity contribution in [3.8, 4) is 5.75 Å². The van der Waals surface area contributed by atoms with Crippen LogP contribution in [0.1, 0.15) is 30.0 Å². The Morgan fingerprint density at radius 1 is 1.19 bits per heavy atom. The Morgan fingerprint density at radius 3 is 2.55 bits per heavy atom. The van der Waals surface area contributed by atoms with Gasteiger partial charge in [-0.15, -0.1) is 0 Å². The Labute approximate surface area is 179 Å². The van der Waals surface area contributed by atoms with Crippen molar-refractivity contribution in [3.63, 3.8) is 0 Å². The van der Waals surface area contributed by atoms with Gasteiger partial charge in [0.15, 0.2) is 0 Å². The van der Waals surface area contributed by atoms with E-state index >= 15 is 0 Å². The molecule has 1 aliphatic heterocycles. The molecular weight excluding hydrogens is 398 g/mol. The number of nitro groups is 1. The second-order valence-corrected chi connectivity index (χ2v) is 7.66. The number of carbonyl (C=O) groups is 1. The third kappa shape index (κ3) is 3.63. The van der Waals surface area contributed by atoms with Crippen LogP contribution in [0.15, 0.2) is 54.7 Å². The van der Waals surface area contributed by atoms with Crippen LogP contribution in [0.4, 0.5) is 0 Å². The largest absolute Gasteiger partial charge is 0.497 e. The number of carbonyl (C=O) groups excluding carboxylic acids is 1. The van der Waals surface area contributed by atoms with Gasteiger partial charge in [0.2, 0.25) is 6.04 Å². The van der Waals surface area contributed by atoms with Crippen LogP contribution >= 0.6 is 0 Å². The van der Waals surface area contributed by atoms with Crippen LogP contribution < -0.4 is 10.1 Å². The SMILES string of the molecule is CCOC(=O)[C@@H]1N[C@H](c2ccc(OC)cc2)[C@@H]([N+](=O)[O-])[C@@H]1c1cn(C)c2ccccc12. The molecule has 31 heavy (non-hydrogen) atoms. The molecule has 8 nitrogen and oxygen atoms in total. The molecule has 0 radical (unpaired) electrons. The highest BCUT2D eigenvalue weighted by Crippen LogP contribution is 2.43. The van der Waals surface area contributed by atoms with Gasteiger partial charge in [0.25, 0.3) is 0 Å². The van der Waals surface area contributed by atoms with Crippen molar-refractivity contribution < 1.29 is 19.2 Å². The zero-order valence-corrected chi connectivity index (χ0v) is 17.6. The van der Waals surface area contributed by atoms with Crippen LogP contribution in [0.5, 0.6) is 5.75 Å². The summed E-state index contributed by atoms with van der Waals surface area (Å²) < 4.78 is 12.4. The van der Waals surface area contributed by atoms with Crippen molar-refractivity contribution in [3.05, 3.63) is 76.0 Å². The van der Waals surface area contributed by atoms with Crippen LogP contribution in [0.2, 0.25) is 0 Å². The third-order valence-electron chi connectivity index (χ3n) is 5.97. The van der Waals surface area contributed by atoms with Crippen LogP contribution in [-0.2, 0) is 16.6 Å². The summed E-state index contributed by atoms with van der Waals surface area (Å²) >= 11 is 0. The van der Waals surface area contributed by atoms with E-state index in [0.717, 1.165) is 22.0 Å². The van der Waals surface area contributed by atoms with Crippen molar-refractivity contribution in [2.75, 3.05) is 13.7 Å². The van der Waals surface area contributed by atoms with Crippen molar-refractivity contribution >= 4 is 16.9 Å². The smallest absolute Gasteiger partial charge is 0.324 e. The van der Waals surface area contributed by atoms with E-state index in [1.165, 1.54) is 0 Å². The first-order chi connectivity index (χ1) is 15.0. The molecule has 0 spiro atoms. The van der Waals surface area contributed by atoms with Crippen molar-refractivity contribution in [2.45, 2.75) is 31.0 Å². The van der Waals surface area contributed by atoms with Gasteiger partial charge in [-0.2, -0.15) is 0 Å². The average Bonchev–Trinajstić information content (AvgIpc) is 3.33. The predicted octanol–water partition coefficient (Wildman–Crippen LogP) is 3.19. The van der Waals surface area contributed by atoms with Crippen molar-refractivity contribution in [1.82, 2.24) is 9.88 Å². The molecule has 0 unspecified atom stereocenters. The van der Waals surface area contributed by atoms with Crippen LogP contribution in [0, 0.1) is 10.1 Å². The van der Waals surface area contributed by atoms with E-state index in [4.69, 9.17) is 9.47 Å². The summed E-state index contributed by atoms with van der Waals surface area (Å²) in [4.78, 5) is 24.9. The topological polar surface area (TPSA) is 95.6 Å². The maximum absolute atomic E-state index is 12.9. The predicted molar refractivity (Wildman–Crippen MR) is 116 cm³/mol. The average molecular weight is 423 g/mol. The number of esters is 1. The fourth-order valence-electron chi connectivity index (χ4n) is 4.61. The number of aromatic nitrogens is 1. The fourth-order valence-corrected chi connectivity index (χ4v) is 4.61. The number of methoxy groups -OCH3 is 1. The number of ether oxygens (including phenoxy) is 2. The van der Waals surface area contributed by atoms with Crippen molar-refractivity contribution in [1.29, 1.82) is 0 Å². The second kappa shape index (κ2) is 8.39. The number of benzene rings is 2. The summed E-state index contributed by atoms with van der Waals surface area (Å²) in [6, 6.07) is 12.3. The van der Waals surface area contributed by atoms with Gasteiger partial charge in [-0.3, -0.25) is 20.2 Å². The van der Waals surface area contributed by atoms with Gasteiger partial charge in [-0.05, 0) is 36.2 Å². The Morgan fingerprint density at radius 2 is 1.90 bits per heavy atom. The maximum Gasteiger partial charge on any atom is 0.324 e. The highest BCUT2D eigenvalue weighted by molar-refractivity contribution is 5.87. The van der Waals surface area contributed by atoms with E-state index in [1.54, 1.807) is 38.3 Å². The first-order valence-corrected chi connectivity index (χ1v) is 10.2. The lowest BCUT2D eigenvalue weighted by Crippen LogP contribution is -2.37. The molecule has 3 aromatic rings. The Bertz CT molecular complexity index is 1110. The second-order valence-electron chi connectivity index (χ2n) is 7.66. The molecule has 4 rings (SSSR count). The molecule has 1 aliphatic rings. The Balaban J connectivity index is 1.85. The van der Waals surface area contributed by atoms with E-state index in [-0.39, 0.29) is 11.5 Å². The standard InChI is InChI=1S/C23H25N3O5/c1-4-31-23(27)21-19(17-13-25(2)18-8-6-5-7-16(17)18)22(26(28)29)20(24-21)14-9-11-15(30-3)12-10-14/h5-13,19-22,24H,4H2,1-3H3/t19-,20-,21-,22+/m1/s1. The lowest BCUT2D eigenvalue weighted by molar-refractivity contribution is -0.527. The number of para-hydroxylation sites is 1. The van der Waals surface area contributed by atoms with Crippen LogP contribution in [0.3, 0.4) is 0 Å². The monoisotopic (exact) mass is 423 g/mol. The zero-order valence-electron chi connectivity index (χ0n) is 17.6. The molecule has 4 atom stereocenters. The summed E-state index contributed by atoms with van der Waals surface area (Å²) in [6.45, 7) is 1.93. The molecular formula is C23H25N3O5. The first-order valence-electron chi connectivity index (χ1n) is 10.2. The summed E-state index contributed by atoms with van der Waals surface area (Å²) in [6.07, 6.45) is 1.89. The molecule has 2 aromatic carbocycles. The Kier molecular flexibility index (Phi) is 5.65. The molecule has 0 saturated carbocycles. The first kappa shape index (κ1) is 20.9. The lowest BCUT2D eigenvalue weighted by atomic mass is 9.85. The minimum absolute atomic E-state index is 0.204. The molecule has 8 heteroatoms. The molecule has 162 valence electrons. The molecule has 1 N–H and O–H groups in total. The Hall–Kier alpha value is -3.39.